The molecule has 5 rings (SSSR count). The van der Waals surface area contributed by atoms with Crippen LogP contribution in [-0.2, 0) is 16.4 Å². The molecule has 0 saturated carbocycles. The SMILES string of the molecule is CCCCS(=O)(=O)NC(=O)c1cc2cc(N3CCN(CCCCc4c[nH]c5ccc(C#N)cc45)CC3)ccc2o1. The highest BCUT2D eigenvalue weighted by Gasteiger charge is 2.21. The first-order valence-electron chi connectivity index (χ1n) is 13.9. The molecule has 0 aliphatic carbocycles. The van der Waals surface area contributed by atoms with Crippen LogP contribution in [0.25, 0.3) is 21.9 Å². The van der Waals surface area contributed by atoms with E-state index in [1.54, 1.807) is 6.07 Å². The third-order valence-corrected chi connectivity index (χ3v) is 8.87. The van der Waals surface area contributed by atoms with Crippen molar-refractivity contribution >= 4 is 43.5 Å². The summed E-state index contributed by atoms with van der Waals surface area (Å²) in [7, 11) is -3.68. The van der Waals surface area contributed by atoms with Gasteiger partial charge in [0.15, 0.2) is 5.76 Å². The second-order valence-corrected chi connectivity index (χ2v) is 12.3. The van der Waals surface area contributed by atoms with Crippen molar-refractivity contribution < 1.29 is 17.6 Å². The van der Waals surface area contributed by atoms with E-state index in [4.69, 9.17) is 4.42 Å². The third kappa shape index (κ3) is 6.49. The van der Waals surface area contributed by atoms with Gasteiger partial charge in [-0.2, -0.15) is 5.26 Å². The maximum atomic E-state index is 12.5. The Morgan fingerprint density at radius 1 is 1.07 bits per heavy atom. The summed E-state index contributed by atoms with van der Waals surface area (Å²) in [6.07, 6.45) is 6.49. The number of unbranched alkanes of at least 4 members (excludes halogenated alkanes) is 2. The number of nitrogens with zero attached hydrogens (tertiary/aromatic N) is 3. The highest BCUT2D eigenvalue weighted by Crippen LogP contribution is 2.26. The van der Waals surface area contributed by atoms with Crippen molar-refractivity contribution in [2.45, 2.75) is 39.0 Å². The lowest BCUT2D eigenvalue weighted by Gasteiger charge is -2.36. The van der Waals surface area contributed by atoms with E-state index >= 15 is 0 Å². The number of amides is 1. The lowest BCUT2D eigenvalue weighted by atomic mass is 10.1. The van der Waals surface area contributed by atoms with Crippen molar-refractivity contribution in [3.8, 4) is 6.07 Å². The van der Waals surface area contributed by atoms with E-state index in [9.17, 15) is 18.5 Å². The van der Waals surface area contributed by atoms with E-state index in [1.807, 2.05) is 43.3 Å². The second kappa shape index (κ2) is 12.1. The highest BCUT2D eigenvalue weighted by atomic mass is 32.2. The van der Waals surface area contributed by atoms with Gasteiger partial charge in [0.2, 0.25) is 10.0 Å². The minimum atomic E-state index is -3.68. The first-order valence-corrected chi connectivity index (χ1v) is 15.6. The van der Waals surface area contributed by atoms with E-state index in [2.05, 4.69) is 31.8 Å². The summed E-state index contributed by atoms with van der Waals surface area (Å²) in [6.45, 7) is 6.73. The molecule has 1 saturated heterocycles. The van der Waals surface area contributed by atoms with Gasteiger partial charge in [0.1, 0.15) is 5.58 Å². The van der Waals surface area contributed by atoms with Crippen molar-refractivity contribution in [2.24, 2.45) is 0 Å². The van der Waals surface area contributed by atoms with Gasteiger partial charge in [-0.05, 0) is 80.3 Å². The van der Waals surface area contributed by atoms with Crippen molar-refractivity contribution in [2.75, 3.05) is 43.4 Å². The molecule has 3 heterocycles. The van der Waals surface area contributed by atoms with Gasteiger partial charge in [-0.15, -0.1) is 0 Å². The lowest BCUT2D eigenvalue weighted by molar-refractivity contribution is 0.0956. The molecule has 40 heavy (non-hydrogen) atoms. The number of hydrogen-bond acceptors (Lipinski definition) is 7. The fraction of sp³-hybridized carbons (Fsp3) is 0.400. The standard InChI is InChI=1S/C30H35N5O4S/c1-2-3-16-40(37,38)33-30(36)29-19-24-18-25(8-10-28(24)39-29)35-14-12-34(13-15-35)11-5-4-6-23-21-32-27-9-7-22(20-31)17-26(23)27/h7-10,17-19,21,32H,2-6,11-16H2,1H3,(H,33,36). The molecule has 1 aliphatic rings. The van der Waals surface area contributed by atoms with Crippen LogP contribution >= 0.6 is 0 Å². The first kappa shape index (κ1) is 27.7. The number of aromatic nitrogens is 1. The van der Waals surface area contributed by atoms with Crippen LogP contribution in [0.2, 0.25) is 0 Å². The Morgan fingerprint density at radius 3 is 2.67 bits per heavy atom. The van der Waals surface area contributed by atoms with E-state index < -0.39 is 15.9 Å². The summed E-state index contributed by atoms with van der Waals surface area (Å²) in [5.41, 5.74) is 4.65. The van der Waals surface area contributed by atoms with Gasteiger partial charge in [0.25, 0.3) is 5.91 Å². The molecular formula is C30H35N5O4S. The summed E-state index contributed by atoms with van der Waals surface area (Å²) >= 11 is 0. The molecule has 4 aromatic rings. The van der Waals surface area contributed by atoms with Gasteiger partial charge in [-0.25, -0.2) is 13.1 Å². The van der Waals surface area contributed by atoms with Gasteiger partial charge >= 0.3 is 0 Å². The highest BCUT2D eigenvalue weighted by molar-refractivity contribution is 7.90. The predicted molar refractivity (Wildman–Crippen MR) is 157 cm³/mol. The van der Waals surface area contributed by atoms with Crippen molar-refractivity contribution in [3.05, 3.63) is 65.5 Å². The van der Waals surface area contributed by atoms with Crippen LogP contribution in [0.15, 0.2) is 53.1 Å². The Bertz CT molecular complexity index is 1640. The number of furan rings is 1. The van der Waals surface area contributed by atoms with Crippen LogP contribution in [0, 0.1) is 11.3 Å². The number of carbonyl (C=O) groups excluding carboxylic acids is 1. The molecule has 1 fully saturated rings. The summed E-state index contributed by atoms with van der Waals surface area (Å²) < 4.78 is 31.9. The van der Waals surface area contributed by atoms with Crippen molar-refractivity contribution in [1.82, 2.24) is 14.6 Å². The molecule has 0 atom stereocenters. The zero-order valence-corrected chi connectivity index (χ0v) is 23.6. The quantitative estimate of drug-likeness (QED) is 0.253. The number of anilines is 1. The smallest absolute Gasteiger partial charge is 0.300 e. The largest absolute Gasteiger partial charge is 0.451 e. The minimum absolute atomic E-state index is 0.00446. The molecular weight excluding hydrogens is 526 g/mol. The maximum Gasteiger partial charge on any atom is 0.300 e. The molecule has 210 valence electrons. The summed E-state index contributed by atoms with van der Waals surface area (Å²) in [6, 6.07) is 15.4. The van der Waals surface area contributed by atoms with E-state index in [1.165, 1.54) is 5.56 Å². The van der Waals surface area contributed by atoms with Crippen molar-refractivity contribution in [3.63, 3.8) is 0 Å². The Kier molecular flexibility index (Phi) is 8.43. The number of H-pyrrole nitrogens is 1. The summed E-state index contributed by atoms with van der Waals surface area (Å²) in [4.78, 5) is 20.6. The first-order chi connectivity index (χ1) is 19.3. The second-order valence-electron chi connectivity index (χ2n) is 10.4. The third-order valence-electron chi connectivity index (χ3n) is 7.54. The zero-order valence-electron chi connectivity index (χ0n) is 22.8. The molecule has 0 spiro atoms. The number of aromatic amines is 1. The van der Waals surface area contributed by atoms with Crippen LogP contribution in [-0.4, -0.2) is 62.7 Å². The Balaban J connectivity index is 1.10. The molecule has 1 amide bonds. The number of piperazine rings is 1. The topological polar surface area (TPSA) is 122 Å². The van der Waals surface area contributed by atoms with E-state index in [-0.39, 0.29) is 11.5 Å². The number of nitrogens with one attached hydrogen (secondary N) is 2. The van der Waals surface area contributed by atoms with Crippen LogP contribution in [0.5, 0.6) is 0 Å². The van der Waals surface area contributed by atoms with Crippen LogP contribution in [0.4, 0.5) is 5.69 Å². The fourth-order valence-corrected chi connectivity index (χ4v) is 6.41. The van der Waals surface area contributed by atoms with E-state index in [0.29, 0.717) is 17.6 Å². The molecule has 0 bridgehead atoms. The number of rotatable bonds is 11. The number of fused-ring (bicyclic) bond motifs is 2. The average molecular weight is 562 g/mol. The number of carbonyl (C=O) groups is 1. The number of aryl methyl sites for hydroxylation is 1. The zero-order chi connectivity index (χ0) is 28.1. The molecule has 2 N–H and O–H groups in total. The molecule has 9 nitrogen and oxygen atoms in total. The Labute approximate surface area is 234 Å². The number of nitriles is 1. The minimum Gasteiger partial charge on any atom is -0.451 e. The van der Waals surface area contributed by atoms with Gasteiger partial charge in [0, 0.05) is 54.4 Å². The Morgan fingerprint density at radius 2 is 1.90 bits per heavy atom. The van der Waals surface area contributed by atoms with Gasteiger partial charge in [-0.3, -0.25) is 9.69 Å². The normalized spacial score (nSPS) is 14.6. The monoisotopic (exact) mass is 561 g/mol. The van der Waals surface area contributed by atoms with Gasteiger partial charge in [0.05, 0.1) is 17.4 Å². The van der Waals surface area contributed by atoms with E-state index in [0.717, 1.165) is 80.4 Å². The molecule has 2 aromatic heterocycles. The number of hydrogen-bond donors (Lipinski definition) is 2. The van der Waals surface area contributed by atoms with Gasteiger partial charge in [-0.1, -0.05) is 13.3 Å². The molecule has 0 radical (unpaired) electrons. The average Bonchev–Trinajstić information content (AvgIpc) is 3.58. The molecule has 0 unspecified atom stereocenters. The van der Waals surface area contributed by atoms with Crippen LogP contribution < -0.4 is 9.62 Å². The van der Waals surface area contributed by atoms with Gasteiger partial charge < -0.3 is 14.3 Å². The number of benzene rings is 2. The predicted octanol–water partition coefficient (Wildman–Crippen LogP) is 4.79. The number of sulfonamides is 1. The lowest BCUT2D eigenvalue weighted by Crippen LogP contribution is -2.46. The summed E-state index contributed by atoms with van der Waals surface area (Å²) in [5, 5.41) is 11.1. The molecule has 10 heteroatoms. The molecule has 1 aliphatic heterocycles. The van der Waals surface area contributed by atoms with Crippen LogP contribution in [0.1, 0.15) is 54.3 Å². The van der Waals surface area contributed by atoms with Crippen molar-refractivity contribution in [1.29, 1.82) is 5.26 Å². The maximum absolute atomic E-state index is 12.5. The van der Waals surface area contributed by atoms with Crippen LogP contribution in [0.3, 0.4) is 0 Å². The Hall–Kier alpha value is -3.81. The summed E-state index contributed by atoms with van der Waals surface area (Å²) in [5.74, 6) is -0.825. The fourth-order valence-electron chi connectivity index (χ4n) is 5.25. The molecule has 2 aromatic carbocycles.